The second-order valence-electron chi connectivity index (χ2n) is 4.96. The number of pyridine rings is 1. The molecular weight excluding hydrogens is 285 g/mol. The first-order valence-electron chi connectivity index (χ1n) is 6.62. The molecule has 5 heteroatoms. The fourth-order valence-corrected chi connectivity index (χ4v) is 2.74. The molecule has 0 aliphatic heterocycles. The standard InChI is InChI=1S/C14H17Cl2NO2/c1-2-9-4-3-5-11(6-9)19-14(18)10-7-12(15)13(16)17-8-10/h7-9,11H,2-6H2,1H3. The lowest BCUT2D eigenvalue weighted by Crippen LogP contribution is -2.25. The van der Waals surface area contributed by atoms with Crippen LogP contribution in [0.2, 0.25) is 10.2 Å². The van der Waals surface area contributed by atoms with Gasteiger partial charge >= 0.3 is 5.97 Å². The van der Waals surface area contributed by atoms with E-state index >= 15 is 0 Å². The van der Waals surface area contributed by atoms with Crippen LogP contribution < -0.4 is 0 Å². The molecule has 3 nitrogen and oxygen atoms in total. The maximum Gasteiger partial charge on any atom is 0.340 e. The number of halogens is 2. The van der Waals surface area contributed by atoms with Crippen molar-refractivity contribution in [1.82, 2.24) is 4.98 Å². The van der Waals surface area contributed by atoms with Gasteiger partial charge in [0.15, 0.2) is 0 Å². The molecule has 0 amide bonds. The first-order valence-corrected chi connectivity index (χ1v) is 7.37. The van der Waals surface area contributed by atoms with Crippen LogP contribution in [0.3, 0.4) is 0 Å². The SMILES string of the molecule is CCC1CCCC(OC(=O)c2cnc(Cl)c(Cl)c2)C1. The highest BCUT2D eigenvalue weighted by Gasteiger charge is 2.24. The summed E-state index contributed by atoms with van der Waals surface area (Å²) in [6.07, 6.45) is 6.81. The number of hydrogen-bond acceptors (Lipinski definition) is 3. The minimum atomic E-state index is -0.368. The van der Waals surface area contributed by atoms with E-state index in [4.69, 9.17) is 27.9 Å². The van der Waals surface area contributed by atoms with Crippen LogP contribution in [0.15, 0.2) is 12.3 Å². The zero-order valence-corrected chi connectivity index (χ0v) is 12.4. The molecule has 0 radical (unpaired) electrons. The van der Waals surface area contributed by atoms with Gasteiger partial charge in [-0.25, -0.2) is 9.78 Å². The monoisotopic (exact) mass is 301 g/mol. The van der Waals surface area contributed by atoms with E-state index < -0.39 is 0 Å². The second kappa shape index (κ2) is 6.58. The molecule has 1 aromatic rings. The van der Waals surface area contributed by atoms with E-state index in [1.54, 1.807) is 0 Å². The fourth-order valence-electron chi connectivity index (χ4n) is 2.47. The first-order chi connectivity index (χ1) is 9.10. The van der Waals surface area contributed by atoms with Gasteiger partial charge in [-0.05, 0) is 31.2 Å². The summed E-state index contributed by atoms with van der Waals surface area (Å²) in [5.41, 5.74) is 0.355. The fraction of sp³-hybridized carbons (Fsp3) is 0.571. The second-order valence-corrected chi connectivity index (χ2v) is 5.73. The van der Waals surface area contributed by atoms with Gasteiger partial charge in [-0.2, -0.15) is 0 Å². The average Bonchev–Trinajstić information content (AvgIpc) is 2.42. The van der Waals surface area contributed by atoms with E-state index in [1.807, 2.05) is 0 Å². The van der Waals surface area contributed by atoms with E-state index in [0.29, 0.717) is 11.5 Å². The molecule has 1 fully saturated rings. The van der Waals surface area contributed by atoms with Gasteiger partial charge in [0.05, 0.1) is 10.6 Å². The molecule has 0 spiro atoms. The predicted octanol–water partition coefficient (Wildman–Crippen LogP) is 4.51. The highest BCUT2D eigenvalue weighted by molar-refractivity contribution is 6.41. The van der Waals surface area contributed by atoms with Gasteiger partial charge in [0, 0.05) is 6.20 Å². The Bertz CT molecular complexity index is 465. The van der Waals surface area contributed by atoms with E-state index in [-0.39, 0.29) is 22.2 Å². The number of rotatable bonds is 3. The van der Waals surface area contributed by atoms with Gasteiger partial charge in [0.25, 0.3) is 0 Å². The Kier molecular flexibility index (Phi) is 5.06. The van der Waals surface area contributed by atoms with E-state index in [1.165, 1.54) is 18.7 Å². The molecule has 19 heavy (non-hydrogen) atoms. The summed E-state index contributed by atoms with van der Waals surface area (Å²) < 4.78 is 5.52. The van der Waals surface area contributed by atoms with Crippen LogP contribution in [-0.4, -0.2) is 17.1 Å². The number of carbonyl (C=O) groups excluding carboxylic acids is 1. The Hall–Kier alpha value is -0.800. The van der Waals surface area contributed by atoms with E-state index in [9.17, 15) is 4.79 Å². The molecule has 0 aromatic carbocycles. The van der Waals surface area contributed by atoms with E-state index in [2.05, 4.69) is 11.9 Å². The number of nitrogens with zero attached hydrogens (tertiary/aromatic N) is 1. The lowest BCUT2D eigenvalue weighted by Gasteiger charge is -2.28. The van der Waals surface area contributed by atoms with Crippen molar-refractivity contribution in [3.05, 3.63) is 28.0 Å². The topological polar surface area (TPSA) is 39.2 Å². The van der Waals surface area contributed by atoms with E-state index in [0.717, 1.165) is 25.7 Å². The molecule has 1 aromatic heterocycles. The van der Waals surface area contributed by atoms with Crippen molar-refractivity contribution >= 4 is 29.2 Å². The summed E-state index contributed by atoms with van der Waals surface area (Å²) in [6, 6.07) is 1.50. The molecule has 2 atom stereocenters. The maximum atomic E-state index is 12.0. The lowest BCUT2D eigenvalue weighted by atomic mass is 9.85. The number of hydrogen-bond donors (Lipinski definition) is 0. The Morgan fingerprint density at radius 2 is 2.26 bits per heavy atom. The minimum Gasteiger partial charge on any atom is -0.459 e. The number of ether oxygens (including phenoxy) is 1. The molecule has 1 aliphatic rings. The minimum absolute atomic E-state index is 0.0145. The number of esters is 1. The van der Waals surface area contributed by atoms with Crippen LogP contribution in [0.5, 0.6) is 0 Å². The normalized spacial score (nSPS) is 23.1. The van der Waals surface area contributed by atoms with Crippen molar-refractivity contribution in [3.63, 3.8) is 0 Å². The number of carbonyl (C=O) groups is 1. The molecule has 0 N–H and O–H groups in total. The van der Waals surface area contributed by atoms with Crippen molar-refractivity contribution in [1.29, 1.82) is 0 Å². The molecule has 1 aliphatic carbocycles. The molecule has 0 saturated heterocycles. The lowest BCUT2D eigenvalue weighted by molar-refractivity contribution is 0.0139. The summed E-state index contributed by atoms with van der Waals surface area (Å²) in [6.45, 7) is 2.18. The summed E-state index contributed by atoms with van der Waals surface area (Å²) in [5, 5.41) is 0.466. The highest BCUT2D eigenvalue weighted by atomic mass is 35.5. The smallest absolute Gasteiger partial charge is 0.340 e. The Morgan fingerprint density at radius 3 is 2.95 bits per heavy atom. The van der Waals surface area contributed by atoms with Crippen LogP contribution in [0.1, 0.15) is 49.4 Å². The van der Waals surface area contributed by atoms with Crippen LogP contribution >= 0.6 is 23.2 Å². The Labute approximate surface area is 123 Å². The summed E-state index contributed by atoms with van der Waals surface area (Å²) in [7, 11) is 0. The molecule has 2 rings (SSSR count). The Balaban J connectivity index is 1.98. The average molecular weight is 302 g/mol. The van der Waals surface area contributed by atoms with Crippen molar-refractivity contribution < 1.29 is 9.53 Å². The zero-order chi connectivity index (χ0) is 13.8. The number of aromatic nitrogens is 1. The summed E-state index contributed by atoms with van der Waals surface area (Å²) in [5.74, 6) is 0.298. The highest BCUT2D eigenvalue weighted by Crippen LogP contribution is 2.29. The summed E-state index contributed by atoms with van der Waals surface area (Å²) in [4.78, 5) is 15.9. The van der Waals surface area contributed by atoms with Crippen LogP contribution in [0.4, 0.5) is 0 Å². The third kappa shape index (κ3) is 3.83. The molecule has 1 saturated carbocycles. The third-order valence-corrected chi connectivity index (χ3v) is 4.30. The van der Waals surface area contributed by atoms with Crippen molar-refractivity contribution in [2.24, 2.45) is 5.92 Å². The first kappa shape index (κ1) is 14.6. The van der Waals surface area contributed by atoms with Crippen molar-refractivity contribution in [2.45, 2.75) is 45.1 Å². The van der Waals surface area contributed by atoms with Crippen LogP contribution in [-0.2, 0) is 4.74 Å². The molecule has 2 unspecified atom stereocenters. The quantitative estimate of drug-likeness (QED) is 0.609. The van der Waals surface area contributed by atoms with Crippen LogP contribution in [0, 0.1) is 5.92 Å². The van der Waals surface area contributed by atoms with Crippen LogP contribution in [0.25, 0.3) is 0 Å². The zero-order valence-electron chi connectivity index (χ0n) is 10.9. The summed E-state index contributed by atoms with van der Waals surface area (Å²) >= 11 is 11.6. The van der Waals surface area contributed by atoms with Gasteiger partial charge in [-0.3, -0.25) is 0 Å². The molecule has 1 heterocycles. The van der Waals surface area contributed by atoms with Crippen molar-refractivity contribution in [3.8, 4) is 0 Å². The van der Waals surface area contributed by atoms with Gasteiger partial charge in [-0.1, -0.05) is 43.0 Å². The van der Waals surface area contributed by atoms with Gasteiger partial charge in [-0.15, -0.1) is 0 Å². The Morgan fingerprint density at radius 1 is 1.47 bits per heavy atom. The third-order valence-electron chi connectivity index (χ3n) is 3.62. The predicted molar refractivity (Wildman–Crippen MR) is 75.7 cm³/mol. The maximum absolute atomic E-state index is 12.0. The largest absolute Gasteiger partial charge is 0.459 e. The molecule has 104 valence electrons. The molecule has 0 bridgehead atoms. The molecular formula is C14H17Cl2NO2. The van der Waals surface area contributed by atoms with Gasteiger partial charge in [0.2, 0.25) is 0 Å². The van der Waals surface area contributed by atoms with Gasteiger partial charge in [0.1, 0.15) is 11.3 Å². The van der Waals surface area contributed by atoms with Crippen molar-refractivity contribution in [2.75, 3.05) is 0 Å². The van der Waals surface area contributed by atoms with Gasteiger partial charge < -0.3 is 4.74 Å².